The molecule has 0 radical (unpaired) electrons. The molecule has 238 valence electrons. The molecule has 0 saturated carbocycles. The first-order valence-corrected chi connectivity index (χ1v) is 16.5. The molecule has 0 spiro atoms. The minimum atomic E-state index is -0.537. The number of carbonyl (C=O) groups is 1. The van der Waals surface area contributed by atoms with Gasteiger partial charge in [-0.2, -0.15) is 0 Å². The second-order valence-corrected chi connectivity index (χ2v) is 13.1. The van der Waals surface area contributed by atoms with Crippen LogP contribution in [0.15, 0.2) is 71.8 Å². The first-order valence-electron chi connectivity index (χ1n) is 15.6. The number of ether oxygens (including phenoxy) is 2. The van der Waals surface area contributed by atoms with Gasteiger partial charge in [-0.1, -0.05) is 24.3 Å². The molecule has 2 aromatic carbocycles. The van der Waals surface area contributed by atoms with Crippen molar-refractivity contribution in [2.24, 2.45) is 0 Å². The van der Waals surface area contributed by atoms with Gasteiger partial charge in [0.1, 0.15) is 11.4 Å². The molecule has 46 heavy (non-hydrogen) atoms. The number of pyridine rings is 1. The van der Waals surface area contributed by atoms with E-state index in [1.807, 2.05) is 57.5 Å². The van der Waals surface area contributed by atoms with Crippen LogP contribution in [-0.2, 0) is 11.2 Å². The SMILES string of the molecule is Cc1ccc2c(NCCc3cscn3)cccc2c1Oc1ncccc1-c1ccnc(NC2CCCN(C(=O)OC(C)(C)C)C2)n1. The van der Waals surface area contributed by atoms with Gasteiger partial charge in [-0.3, -0.25) is 0 Å². The van der Waals surface area contributed by atoms with E-state index in [4.69, 9.17) is 14.5 Å². The van der Waals surface area contributed by atoms with E-state index in [9.17, 15) is 4.79 Å². The van der Waals surface area contributed by atoms with Crippen LogP contribution in [0.2, 0.25) is 0 Å². The number of nitrogens with zero attached hydrogens (tertiary/aromatic N) is 5. The van der Waals surface area contributed by atoms with Crippen molar-refractivity contribution in [3.63, 3.8) is 0 Å². The Balaban J connectivity index is 1.21. The van der Waals surface area contributed by atoms with Gasteiger partial charge in [0, 0.05) is 66.3 Å². The van der Waals surface area contributed by atoms with Gasteiger partial charge in [0.2, 0.25) is 11.8 Å². The number of rotatable bonds is 9. The number of carbonyl (C=O) groups excluding carboxylic acids is 1. The molecule has 1 unspecified atom stereocenters. The number of aryl methyl sites for hydroxylation is 1. The molecular weight excluding hydrogens is 598 g/mol. The number of benzene rings is 2. The van der Waals surface area contributed by atoms with Crippen LogP contribution >= 0.6 is 11.3 Å². The molecule has 1 aliphatic rings. The average Bonchev–Trinajstić information content (AvgIpc) is 3.56. The van der Waals surface area contributed by atoms with Gasteiger partial charge >= 0.3 is 6.09 Å². The number of nitrogens with one attached hydrogen (secondary N) is 2. The first-order chi connectivity index (χ1) is 22.2. The maximum Gasteiger partial charge on any atom is 0.410 e. The maximum atomic E-state index is 12.7. The summed E-state index contributed by atoms with van der Waals surface area (Å²) in [7, 11) is 0. The Hall–Kier alpha value is -4.77. The van der Waals surface area contributed by atoms with Crippen LogP contribution in [0.1, 0.15) is 44.9 Å². The van der Waals surface area contributed by atoms with E-state index < -0.39 is 5.60 Å². The number of hydrogen-bond donors (Lipinski definition) is 2. The summed E-state index contributed by atoms with van der Waals surface area (Å²) in [4.78, 5) is 32.7. The smallest absolute Gasteiger partial charge is 0.410 e. The van der Waals surface area contributed by atoms with E-state index in [2.05, 4.69) is 55.2 Å². The number of fused-ring (bicyclic) bond motifs is 1. The van der Waals surface area contributed by atoms with Crippen molar-refractivity contribution in [2.45, 2.75) is 58.6 Å². The van der Waals surface area contributed by atoms with Crippen molar-refractivity contribution >= 4 is 39.8 Å². The van der Waals surface area contributed by atoms with Gasteiger partial charge in [-0.25, -0.2) is 24.7 Å². The quantitative estimate of drug-likeness (QED) is 0.168. The number of anilines is 2. The summed E-state index contributed by atoms with van der Waals surface area (Å²) in [5.74, 6) is 1.69. The van der Waals surface area contributed by atoms with E-state index in [0.717, 1.165) is 64.8 Å². The van der Waals surface area contributed by atoms with Gasteiger partial charge in [0.15, 0.2) is 0 Å². The summed E-state index contributed by atoms with van der Waals surface area (Å²) in [5, 5.41) is 11.1. The Bertz CT molecular complexity index is 1810. The summed E-state index contributed by atoms with van der Waals surface area (Å²) < 4.78 is 12.2. The molecule has 1 amide bonds. The van der Waals surface area contributed by atoms with E-state index in [1.165, 1.54) is 0 Å². The number of piperidine rings is 1. The average molecular weight is 638 g/mol. The molecule has 1 fully saturated rings. The lowest BCUT2D eigenvalue weighted by Gasteiger charge is -2.34. The Morgan fingerprint density at radius 2 is 1.93 bits per heavy atom. The highest BCUT2D eigenvalue weighted by molar-refractivity contribution is 7.07. The predicted molar refractivity (Wildman–Crippen MR) is 183 cm³/mol. The molecular formula is C35H39N7O3S. The molecule has 11 heteroatoms. The molecule has 4 heterocycles. The second kappa shape index (κ2) is 13.7. The molecule has 2 N–H and O–H groups in total. The fourth-order valence-electron chi connectivity index (χ4n) is 5.53. The molecule has 0 bridgehead atoms. The lowest BCUT2D eigenvalue weighted by molar-refractivity contribution is 0.0206. The normalized spacial score (nSPS) is 15.0. The van der Waals surface area contributed by atoms with Crippen LogP contribution in [0.5, 0.6) is 11.6 Å². The van der Waals surface area contributed by atoms with E-state index >= 15 is 0 Å². The zero-order valence-electron chi connectivity index (χ0n) is 26.6. The van der Waals surface area contributed by atoms with Crippen molar-refractivity contribution in [1.82, 2.24) is 24.8 Å². The third-order valence-corrected chi connectivity index (χ3v) is 8.33. The number of thiazole rings is 1. The van der Waals surface area contributed by atoms with Crippen molar-refractivity contribution in [3.05, 3.63) is 83.1 Å². The van der Waals surface area contributed by atoms with Crippen LogP contribution in [0.4, 0.5) is 16.4 Å². The third kappa shape index (κ3) is 7.54. The number of amides is 1. The Kier molecular flexibility index (Phi) is 9.30. The molecule has 3 aromatic heterocycles. The van der Waals surface area contributed by atoms with Crippen LogP contribution in [-0.4, -0.2) is 62.2 Å². The maximum absolute atomic E-state index is 12.7. The molecule has 5 aromatic rings. The standard InChI is InChI=1S/C35H39N7O3S/c1-23-12-13-26-27(9-5-11-29(26)36-17-14-25-21-46-22-39-25)31(23)44-32-28(10-6-16-37-32)30-15-18-38-33(41-30)40-24-8-7-19-42(20-24)34(43)45-35(2,3)4/h5-6,9-13,15-16,18,21-22,24,36H,7-8,14,17,19-20H2,1-4H3,(H,38,40,41). The van der Waals surface area contributed by atoms with Crippen LogP contribution in [0.3, 0.4) is 0 Å². The molecule has 1 atom stereocenters. The van der Waals surface area contributed by atoms with Gasteiger partial charge < -0.3 is 25.0 Å². The second-order valence-electron chi connectivity index (χ2n) is 12.4. The largest absolute Gasteiger partial charge is 0.444 e. The Labute approximate surface area is 273 Å². The summed E-state index contributed by atoms with van der Waals surface area (Å²) in [6.45, 7) is 9.64. The molecule has 1 saturated heterocycles. The number of likely N-dealkylation sites (tertiary alicyclic amines) is 1. The minimum Gasteiger partial charge on any atom is -0.444 e. The fourth-order valence-corrected chi connectivity index (χ4v) is 6.12. The predicted octanol–water partition coefficient (Wildman–Crippen LogP) is 7.72. The van der Waals surface area contributed by atoms with Gasteiger partial charge in [0.05, 0.1) is 22.5 Å². The van der Waals surface area contributed by atoms with Gasteiger partial charge in [0.25, 0.3) is 0 Å². The molecule has 6 rings (SSSR count). The van der Waals surface area contributed by atoms with Crippen molar-refractivity contribution in [1.29, 1.82) is 0 Å². The topological polar surface area (TPSA) is 114 Å². The van der Waals surface area contributed by atoms with E-state index in [1.54, 1.807) is 28.6 Å². The van der Waals surface area contributed by atoms with Gasteiger partial charge in [-0.05, 0) is 70.4 Å². The summed E-state index contributed by atoms with van der Waals surface area (Å²) in [6.07, 6.45) is 5.76. The Morgan fingerprint density at radius 1 is 1.04 bits per heavy atom. The van der Waals surface area contributed by atoms with E-state index in [-0.39, 0.29) is 12.1 Å². The highest BCUT2D eigenvalue weighted by Crippen LogP contribution is 2.38. The summed E-state index contributed by atoms with van der Waals surface area (Å²) >= 11 is 1.61. The highest BCUT2D eigenvalue weighted by atomic mass is 32.1. The zero-order chi connectivity index (χ0) is 32.1. The first kappa shape index (κ1) is 31.2. The lowest BCUT2D eigenvalue weighted by atomic mass is 10.0. The van der Waals surface area contributed by atoms with E-state index in [0.29, 0.717) is 30.6 Å². The minimum absolute atomic E-state index is 0.00350. The van der Waals surface area contributed by atoms with Crippen molar-refractivity contribution in [2.75, 3.05) is 30.3 Å². The van der Waals surface area contributed by atoms with Crippen molar-refractivity contribution in [3.8, 4) is 22.9 Å². The third-order valence-electron chi connectivity index (χ3n) is 7.70. The summed E-state index contributed by atoms with van der Waals surface area (Å²) in [6, 6.07) is 16.1. The van der Waals surface area contributed by atoms with Crippen molar-refractivity contribution < 1.29 is 14.3 Å². The molecule has 0 aliphatic carbocycles. The monoisotopic (exact) mass is 637 g/mol. The lowest BCUT2D eigenvalue weighted by Crippen LogP contribution is -2.47. The summed E-state index contributed by atoms with van der Waals surface area (Å²) in [5.41, 5.74) is 5.89. The van der Waals surface area contributed by atoms with Gasteiger partial charge in [-0.15, -0.1) is 11.3 Å². The highest BCUT2D eigenvalue weighted by Gasteiger charge is 2.28. The van der Waals surface area contributed by atoms with Crippen LogP contribution in [0, 0.1) is 6.92 Å². The fraction of sp³-hybridized carbons (Fsp3) is 0.343. The van der Waals surface area contributed by atoms with Crippen LogP contribution < -0.4 is 15.4 Å². The number of aromatic nitrogens is 4. The molecule has 10 nitrogen and oxygen atoms in total. The zero-order valence-corrected chi connectivity index (χ0v) is 27.4. The Morgan fingerprint density at radius 3 is 2.76 bits per heavy atom. The van der Waals surface area contributed by atoms with Crippen LogP contribution in [0.25, 0.3) is 22.0 Å². The number of hydrogen-bond acceptors (Lipinski definition) is 10. The molecule has 1 aliphatic heterocycles.